The first-order valence-electron chi connectivity index (χ1n) is 16.7. The Kier molecular flexibility index (Phi) is 9.39. The molecule has 0 saturated heterocycles. The molecule has 248 valence electrons. The Balaban J connectivity index is 1.39. The van der Waals surface area contributed by atoms with Gasteiger partial charge in [0.25, 0.3) is 5.56 Å². The minimum atomic E-state index is -0.939. The number of nitrogens with one attached hydrogen (secondary N) is 1. The molecule has 10 nitrogen and oxygen atoms in total. The number of amides is 1. The molecule has 2 aromatic heterocycles. The minimum absolute atomic E-state index is 0.0124. The fourth-order valence-corrected chi connectivity index (χ4v) is 7.10. The first-order valence-corrected chi connectivity index (χ1v) is 16.7. The van der Waals surface area contributed by atoms with Crippen LogP contribution in [0.2, 0.25) is 0 Å². The maximum Gasteiger partial charge on any atom is 0.259 e. The number of hydrogen-bond donors (Lipinski definition) is 2. The monoisotopic (exact) mass is 642 g/mol. The third kappa shape index (κ3) is 6.51. The summed E-state index contributed by atoms with van der Waals surface area (Å²) in [5, 5.41) is 19.2. The van der Waals surface area contributed by atoms with E-state index in [2.05, 4.69) is 20.6 Å². The maximum atomic E-state index is 16.7. The van der Waals surface area contributed by atoms with Crippen molar-refractivity contribution in [3.8, 4) is 11.1 Å². The van der Waals surface area contributed by atoms with E-state index in [-0.39, 0.29) is 48.1 Å². The van der Waals surface area contributed by atoms with Gasteiger partial charge in [-0.3, -0.25) is 14.2 Å². The molecule has 0 spiro atoms. The Morgan fingerprint density at radius 3 is 2.47 bits per heavy atom. The summed E-state index contributed by atoms with van der Waals surface area (Å²) < 4.78 is 26.5. The topological polar surface area (TPSA) is 123 Å². The number of aromatic nitrogens is 4. The lowest BCUT2D eigenvalue weighted by molar-refractivity contribution is -0.128. The largest absolute Gasteiger partial charge is 0.388 e. The van der Waals surface area contributed by atoms with Crippen molar-refractivity contribution in [1.29, 1.82) is 0 Å². The summed E-state index contributed by atoms with van der Waals surface area (Å²) in [6, 6.07) is 12.9. The number of hydrogen-bond acceptors (Lipinski definition) is 7. The number of ether oxygens (including phenoxy) is 1. The fourth-order valence-electron chi connectivity index (χ4n) is 7.10. The average molecular weight is 643 g/mol. The van der Waals surface area contributed by atoms with Crippen molar-refractivity contribution in [2.75, 3.05) is 0 Å². The summed E-state index contributed by atoms with van der Waals surface area (Å²) in [5.41, 5.74) is 4.91. The lowest BCUT2D eigenvalue weighted by Crippen LogP contribution is -2.41. The van der Waals surface area contributed by atoms with Crippen LogP contribution < -0.4 is 11.0 Å². The van der Waals surface area contributed by atoms with Crippen LogP contribution in [0.15, 0.2) is 58.7 Å². The number of aliphatic hydroxyl groups is 1. The fraction of sp³-hybridized carbons (Fsp3) is 0.472. The van der Waals surface area contributed by atoms with Crippen LogP contribution in [0.1, 0.15) is 101 Å². The van der Waals surface area contributed by atoms with Crippen molar-refractivity contribution in [2.45, 2.75) is 109 Å². The predicted octanol–water partition coefficient (Wildman–Crippen LogP) is 5.51. The number of rotatable bonds is 11. The number of halogens is 1. The number of hydrazone groups is 1. The number of nitrogens with zero attached hydrogens (tertiary/aromatic N) is 5. The Morgan fingerprint density at radius 1 is 1.09 bits per heavy atom. The van der Waals surface area contributed by atoms with Gasteiger partial charge in [-0.2, -0.15) is 15.2 Å². The van der Waals surface area contributed by atoms with Crippen molar-refractivity contribution in [1.82, 2.24) is 24.6 Å². The Morgan fingerprint density at radius 2 is 1.83 bits per heavy atom. The Labute approximate surface area is 273 Å². The Hall–Kier alpha value is -4.22. The van der Waals surface area contributed by atoms with Gasteiger partial charge in [-0.25, -0.2) is 14.3 Å². The van der Waals surface area contributed by atoms with Crippen LogP contribution in [-0.4, -0.2) is 53.7 Å². The third-order valence-electron chi connectivity index (χ3n) is 9.44. The second-order valence-corrected chi connectivity index (χ2v) is 13.2. The number of aryl methyl sites for hydroxylation is 1. The van der Waals surface area contributed by atoms with Gasteiger partial charge in [0.15, 0.2) is 0 Å². The van der Waals surface area contributed by atoms with E-state index < -0.39 is 11.4 Å². The quantitative estimate of drug-likeness (QED) is 0.222. The molecule has 1 saturated carbocycles. The molecule has 4 aromatic rings. The molecule has 2 aromatic carbocycles. The molecule has 1 fully saturated rings. The van der Waals surface area contributed by atoms with E-state index in [9.17, 15) is 14.7 Å². The van der Waals surface area contributed by atoms with Crippen LogP contribution in [0.25, 0.3) is 16.9 Å². The number of carbonyl (C=O) groups excluding carboxylic acids is 1. The summed E-state index contributed by atoms with van der Waals surface area (Å²) in [6.45, 7) is 7.58. The van der Waals surface area contributed by atoms with Crippen LogP contribution >= 0.6 is 0 Å². The van der Waals surface area contributed by atoms with Crippen LogP contribution in [0.3, 0.4) is 0 Å². The van der Waals surface area contributed by atoms with E-state index in [0.717, 1.165) is 30.5 Å². The van der Waals surface area contributed by atoms with Crippen molar-refractivity contribution >= 4 is 17.4 Å². The van der Waals surface area contributed by atoms with E-state index in [0.29, 0.717) is 53.9 Å². The van der Waals surface area contributed by atoms with Gasteiger partial charge >= 0.3 is 0 Å². The lowest BCUT2D eigenvalue weighted by Gasteiger charge is -2.36. The summed E-state index contributed by atoms with van der Waals surface area (Å²) >= 11 is 0. The molecule has 0 bridgehead atoms. The molecule has 2 N–H and O–H groups in total. The van der Waals surface area contributed by atoms with E-state index in [1.165, 1.54) is 6.33 Å². The second-order valence-electron chi connectivity index (χ2n) is 13.2. The van der Waals surface area contributed by atoms with E-state index in [4.69, 9.17) is 4.74 Å². The van der Waals surface area contributed by atoms with Crippen LogP contribution in [-0.2, 0) is 22.4 Å². The normalized spacial score (nSPS) is 19.2. The molecule has 2 aliphatic rings. The molecule has 1 aliphatic heterocycles. The van der Waals surface area contributed by atoms with E-state index >= 15 is 4.39 Å². The molecule has 3 heterocycles. The minimum Gasteiger partial charge on any atom is -0.388 e. The van der Waals surface area contributed by atoms with Gasteiger partial charge in [0.05, 0.1) is 35.6 Å². The molecule has 0 radical (unpaired) electrons. The third-order valence-corrected chi connectivity index (χ3v) is 9.44. The summed E-state index contributed by atoms with van der Waals surface area (Å²) in [6.07, 6.45) is 6.13. The van der Waals surface area contributed by atoms with Gasteiger partial charge in [-0.15, -0.1) is 0 Å². The first kappa shape index (κ1) is 32.7. The predicted molar refractivity (Wildman–Crippen MR) is 178 cm³/mol. The number of fused-ring (bicyclic) bond motifs is 1. The average Bonchev–Trinajstić information content (AvgIpc) is 3.72. The number of benzene rings is 2. The van der Waals surface area contributed by atoms with Gasteiger partial charge in [-0.1, -0.05) is 62.7 Å². The van der Waals surface area contributed by atoms with Crippen LogP contribution in [0.5, 0.6) is 0 Å². The number of carbonyl (C=O) groups is 1. The zero-order chi connectivity index (χ0) is 33.3. The molecule has 11 heteroatoms. The van der Waals surface area contributed by atoms with Gasteiger partial charge in [0, 0.05) is 23.6 Å². The van der Waals surface area contributed by atoms with Crippen molar-refractivity contribution in [3.63, 3.8) is 0 Å². The second kappa shape index (κ2) is 13.5. The molecule has 1 unspecified atom stereocenters. The Bertz CT molecular complexity index is 1850. The van der Waals surface area contributed by atoms with Crippen molar-refractivity contribution in [2.24, 2.45) is 5.10 Å². The van der Waals surface area contributed by atoms with E-state index in [1.807, 2.05) is 50.2 Å². The highest BCUT2D eigenvalue weighted by atomic mass is 19.1. The molecule has 47 heavy (non-hydrogen) atoms. The zero-order valence-corrected chi connectivity index (χ0v) is 27.5. The van der Waals surface area contributed by atoms with Gasteiger partial charge in [0.2, 0.25) is 11.7 Å². The highest BCUT2D eigenvalue weighted by molar-refractivity contribution is 6.16. The van der Waals surface area contributed by atoms with Gasteiger partial charge in [0.1, 0.15) is 12.1 Å². The highest BCUT2D eigenvalue weighted by Gasteiger charge is 2.33. The van der Waals surface area contributed by atoms with Crippen LogP contribution in [0, 0.1) is 5.82 Å². The lowest BCUT2D eigenvalue weighted by atomic mass is 9.90. The first-order chi connectivity index (χ1) is 22.6. The standard InChI is InChI=1S/C36H43FN6O4/c1-5-10-29-27(19-23-13-18-26(22-11-8-7-9-12-22)32(33(23)37)28-20-31(44)41-40-28)34(45)42(35-38-21-39-43(29)35)24-14-16-25(17-15-24)47-30(6-2)36(3,4)46/h7-9,11-13,18,21,24-25,30,46H,5-6,10,14-17,19-20H2,1-4H3,(H,41,44). The van der Waals surface area contributed by atoms with Crippen LogP contribution in [0.4, 0.5) is 4.39 Å². The van der Waals surface area contributed by atoms with Gasteiger partial charge < -0.3 is 9.84 Å². The van der Waals surface area contributed by atoms with Crippen molar-refractivity contribution in [3.05, 3.63) is 87.3 Å². The maximum absolute atomic E-state index is 16.7. The molecule has 1 aliphatic carbocycles. The molecular formula is C36H43FN6O4. The zero-order valence-electron chi connectivity index (χ0n) is 27.5. The highest BCUT2D eigenvalue weighted by Crippen LogP contribution is 2.34. The molecular weight excluding hydrogens is 599 g/mol. The van der Waals surface area contributed by atoms with E-state index in [1.54, 1.807) is 29.0 Å². The summed E-state index contributed by atoms with van der Waals surface area (Å²) in [5.74, 6) is -0.303. The SMILES string of the molecule is CCCc1c(Cc2ccc(-c3ccccc3)c(C3=NNC(=O)C3)c2F)c(=O)n(C2CCC(OC(CC)C(C)(C)O)CC2)c2ncnn12. The summed E-state index contributed by atoms with van der Waals surface area (Å²) in [7, 11) is 0. The molecule has 1 amide bonds. The summed E-state index contributed by atoms with van der Waals surface area (Å²) in [4.78, 5) is 31.1. The van der Waals surface area contributed by atoms with Crippen molar-refractivity contribution < 1.29 is 19.0 Å². The smallest absolute Gasteiger partial charge is 0.259 e. The molecule has 1 atom stereocenters. The van der Waals surface area contributed by atoms with Gasteiger partial charge in [-0.05, 0) is 69.1 Å². The molecule has 6 rings (SSSR count).